The third kappa shape index (κ3) is 5.15. The lowest BCUT2D eigenvalue weighted by atomic mass is 10.2. The topological polar surface area (TPSA) is 69.7 Å². The van der Waals surface area contributed by atoms with Gasteiger partial charge in [-0.25, -0.2) is 12.8 Å². The van der Waals surface area contributed by atoms with Crippen molar-refractivity contribution in [3.05, 3.63) is 66.0 Å². The number of nitrogens with zero attached hydrogens (tertiary/aromatic N) is 2. The van der Waals surface area contributed by atoms with Gasteiger partial charge < -0.3 is 5.32 Å². The Morgan fingerprint density at radius 3 is 2.25 bits per heavy atom. The van der Waals surface area contributed by atoms with Crippen LogP contribution in [0.2, 0.25) is 0 Å². The molecule has 0 aliphatic carbocycles. The van der Waals surface area contributed by atoms with Crippen LogP contribution >= 0.6 is 0 Å². The van der Waals surface area contributed by atoms with E-state index in [0.717, 1.165) is 5.56 Å². The first-order chi connectivity index (χ1) is 13.3. The Balaban J connectivity index is 1.53. The number of hydrogen-bond donors (Lipinski definition) is 1. The molecule has 1 saturated heterocycles. The van der Waals surface area contributed by atoms with E-state index in [0.29, 0.717) is 31.9 Å². The van der Waals surface area contributed by atoms with Crippen molar-refractivity contribution in [3.8, 4) is 0 Å². The number of hydrogen-bond acceptors (Lipinski definition) is 4. The average Bonchev–Trinajstić information content (AvgIpc) is 2.69. The van der Waals surface area contributed by atoms with Gasteiger partial charge in [-0.3, -0.25) is 9.69 Å². The van der Waals surface area contributed by atoms with Gasteiger partial charge in [0.05, 0.1) is 11.8 Å². The van der Waals surface area contributed by atoms with Gasteiger partial charge in [-0.05, 0) is 36.8 Å². The summed E-state index contributed by atoms with van der Waals surface area (Å²) >= 11 is 0. The van der Waals surface area contributed by atoms with Gasteiger partial charge in [-0.15, -0.1) is 0 Å². The number of benzene rings is 2. The van der Waals surface area contributed by atoms with Crippen molar-refractivity contribution in [2.45, 2.75) is 18.7 Å². The molecule has 1 heterocycles. The molecular formula is C20H24FN3O3S. The fourth-order valence-electron chi connectivity index (χ4n) is 3.19. The van der Waals surface area contributed by atoms with Gasteiger partial charge in [-0.2, -0.15) is 4.31 Å². The van der Waals surface area contributed by atoms with Crippen molar-refractivity contribution >= 4 is 21.6 Å². The van der Waals surface area contributed by atoms with Crippen LogP contribution in [0.25, 0.3) is 0 Å². The maximum absolute atomic E-state index is 13.0. The molecule has 0 radical (unpaired) electrons. The highest BCUT2D eigenvalue weighted by atomic mass is 32.2. The van der Waals surface area contributed by atoms with E-state index >= 15 is 0 Å². The summed E-state index contributed by atoms with van der Waals surface area (Å²) in [6.07, 6.45) is 0. The maximum atomic E-state index is 13.0. The smallest absolute Gasteiger partial charge is 0.241 e. The molecule has 8 heteroatoms. The minimum atomic E-state index is -3.39. The molecule has 0 spiro atoms. The van der Waals surface area contributed by atoms with E-state index in [1.54, 1.807) is 19.1 Å². The highest BCUT2D eigenvalue weighted by Gasteiger charge is 2.30. The lowest BCUT2D eigenvalue weighted by molar-refractivity contribution is -0.121. The summed E-state index contributed by atoms with van der Waals surface area (Å²) in [6.45, 7) is 3.44. The van der Waals surface area contributed by atoms with Crippen molar-refractivity contribution in [1.29, 1.82) is 0 Å². The number of rotatable bonds is 6. The van der Waals surface area contributed by atoms with Crippen LogP contribution in [0.3, 0.4) is 0 Å². The molecule has 0 saturated carbocycles. The molecule has 150 valence electrons. The highest BCUT2D eigenvalue weighted by molar-refractivity contribution is 7.88. The second-order valence-electron chi connectivity index (χ2n) is 6.85. The van der Waals surface area contributed by atoms with Crippen LogP contribution in [-0.4, -0.2) is 55.8 Å². The summed E-state index contributed by atoms with van der Waals surface area (Å²) in [5.74, 6) is -0.583. The first-order valence-electron chi connectivity index (χ1n) is 9.17. The fraction of sp³-hybridized carbons (Fsp3) is 0.350. The first-order valence-corrected chi connectivity index (χ1v) is 10.8. The summed E-state index contributed by atoms with van der Waals surface area (Å²) in [6, 6.07) is 14.3. The Hall–Kier alpha value is -2.29. The number of sulfonamides is 1. The lowest BCUT2D eigenvalue weighted by Crippen LogP contribution is -2.54. The van der Waals surface area contributed by atoms with Crippen molar-refractivity contribution in [2.75, 3.05) is 31.5 Å². The van der Waals surface area contributed by atoms with Crippen molar-refractivity contribution in [3.63, 3.8) is 0 Å². The highest BCUT2D eigenvalue weighted by Crippen LogP contribution is 2.16. The van der Waals surface area contributed by atoms with Crippen LogP contribution in [0.4, 0.5) is 10.1 Å². The standard InChI is InChI=1S/C20H24FN3O3S/c1-16(20(25)22-19-9-7-18(21)8-10-19)23-11-13-24(14-12-23)28(26,27)15-17-5-3-2-4-6-17/h2-10,16H,11-15H2,1H3,(H,22,25). The quantitative estimate of drug-likeness (QED) is 0.801. The second kappa shape index (κ2) is 8.81. The third-order valence-electron chi connectivity index (χ3n) is 4.90. The van der Waals surface area contributed by atoms with Crippen molar-refractivity contribution in [2.24, 2.45) is 0 Å². The molecule has 0 bridgehead atoms. The second-order valence-corrected chi connectivity index (χ2v) is 8.82. The number of carbonyl (C=O) groups is 1. The molecule has 3 rings (SSSR count). The predicted octanol–water partition coefficient (Wildman–Crippen LogP) is 2.30. The molecule has 1 fully saturated rings. The van der Waals surface area contributed by atoms with E-state index in [1.165, 1.54) is 28.6 Å². The number of carbonyl (C=O) groups excluding carboxylic acids is 1. The van der Waals surface area contributed by atoms with E-state index in [9.17, 15) is 17.6 Å². The zero-order valence-corrected chi connectivity index (χ0v) is 16.5. The zero-order valence-electron chi connectivity index (χ0n) is 15.7. The maximum Gasteiger partial charge on any atom is 0.241 e. The zero-order chi connectivity index (χ0) is 20.1. The average molecular weight is 405 g/mol. The van der Waals surface area contributed by atoms with Crippen molar-refractivity contribution in [1.82, 2.24) is 9.21 Å². The minimum Gasteiger partial charge on any atom is -0.325 e. The monoisotopic (exact) mass is 405 g/mol. The van der Waals surface area contributed by atoms with Gasteiger partial charge >= 0.3 is 0 Å². The van der Waals surface area contributed by atoms with Gasteiger partial charge in [0.15, 0.2) is 0 Å². The van der Waals surface area contributed by atoms with Gasteiger partial charge in [0.25, 0.3) is 0 Å². The molecule has 6 nitrogen and oxygen atoms in total. The lowest BCUT2D eigenvalue weighted by Gasteiger charge is -2.36. The van der Waals surface area contributed by atoms with Crippen LogP contribution in [0.15, 0.2) is 54.6 Å². The van der Waals surface area contributed by atoms with Crippen LogP contribution in [0, 0.1) is 5.82 Å². The summed E-state index contributed by atoms with van der Waals surface area (Å²) in [5.41, 5.74) is 1.29. The molecule has 2 aromatic rings. The van der Waals surface area contributed by atoms with E-state index in [4.69, 9.17) is 0 Å². The molecule has 1 atom stereocenters. The summed E-state index contributed by atoms with van der Waals surface area (Å²) < 4.78 is 39.7. The molecular weight excluding hydrogens is 381 g/mol. The normalized spacial score (nSPS) is 17.2. The van der Waals surface area contributed by atoms with Crippen LogP contribution in [0.5, 0.6) is 0 Å². The number of anilines is 1. The fourth-order valence-corrected chi connectivity index (χ4v) is 4.71. The molecule has 28 heavy (non-hydrogen) atoms. The van der Waals surface area contributed by atoms with E-state index in [1.807, 2.05) is 23.1 Å². The Morgan fingerprint density at radius 1 is 1.04 bits per heavy atom. The summed E-state index contributed by atoms with van der Waals surface area (Å²) in [7, 11) is -3.39. The number of amides is 1. The Bertz CT molecular complexity index is 896. The van der Waals surface area contributed by atoms with Gasteiger partial charge in [0.2, 0.25) is 15.9 Å². The van der Waals surface area contributed by atoms with Gasteiger partial charge in [-0.1, -0.05) is 30.3 Å². The van der Waals surface area contributed by atoms with E-state index < -0.39 is 16.1 Å². The summed E-state index contributed by atoms with van der Waals surface area (Å²) in [4.78, 5) is 14.4. The van der Waals surface area contributed by atoms with Crippen LogP contribution in [0.1, 0.15) is 12.5 Å². The largest absolute Gasteiger partial charge is 0.325 e. The Kier molecular flexibility index (Phi) is 6.43. The van der Waals surface area contributed by atoms with E-state index in [2.05, 4.69) is 5.32 Å². The molecule has 1 unspecified atom stereocenters. The molecule has 0 aromatic heterocycles. The van der Waals surface area contributed by atoms with Crippen LogP contribution in [-0.2, 0) is 20.6 Å². The minimum absolute atomic E-state index is 0.0194. The van der Waals surface area contributed by atoms with Crippen LogP contribution < -0.4 is 5.32 Å². The predicted molar refractivity (Wildman–Crippen MR) is 107 cm³/mol. The number of nitrogens with one attached hydrogen (secondary N) is 1. The molecule has 1 amide bonds. The molecule has 1 N–H and O–H groups in total. The molecule has 1 aliphatic rings. The van der Waals surface area contributed by atoms with Gasteiger partial charge in [0, 0.05) is 31.9 Å². The Morgan fingerprint density at radius 2 is 1.64 bits per heavy atom. The molecule has 1 aliphatic heterocycles. The van der Waals surface area contributed by atoms with E-state index in [-0.39, 0.29) is 17.5 Å². The summed E-state index contributed by atoms with van der Waals surface area (Å²) in [5, 5.41) is 2.76. The van der Waals surface area contributed by atoms with Gasteiger partial charge in [0.1, 0.15) is 5.82 Å². The SMILES string of the molecule is CC(C(=O)Nc1ccc(F)cc1)N1CCN(S(=O)(=O)Cc2ccccc2)CC1. The Labute approximate surface area is 165 Å². The number of halogens is 1. The van der Waals surface area contributed by atoms with Crippen molar-refractivity contribution < 1.29 is 17.6 Å². The molecule has 2 aromatic carbocycles. The number of piperazine rings is 1. The first kappa shape index (κ1) is 20.4. The third-order valence-corrected chi connectivity index (χ3v) is 6.75.